The average Bonchev–Trinajstić information content (AvgIpc) is 3.27. The molecule has 10 heteroatoms. The first-order valence-electron chi connectivity index (χ1n) is 14.9. The number of nitrogens with zero attached hydrogens (tertiary/aromatic N) is 3. The number of rotatable bonds is 9. The molecule has 1 aliphatic carbocycles. The smallest absolute Gasteiger partial charge is 0.399 e. The van der Waals surface area contributed by atoms with E-state index in [0.29, 0.717) is 29.1 Å². The number of anilines is 2. The Morgan fingerprint density at radius 1 is 1.00 bits per heavy atom. The molecular weight excluding hydrogens is 543 g/mol. The number of carbonyl (C=O) groups is 2. The van der Waals surface area contributed by atoms with E-state index in [-0.39, 0.29) is 18.1 Å². The van der Waals surface area contributed by atoms with Crippen LogP contribution >= 0.6 is 0 Å². The molecule has 2 heterocycles. The average molecular weight is 585 g/mol. The molecule has 0 bridgehead atoms. The van der Waals surface area contributed by atoms with Crippen molar-refractivity contribution in [1.29, 1.82) is 0 Å². The molecule has 1 fully saturated rings. The van der Waals surface area contributed by atoms with Crippen LogP contribution in [0.4, 0.5) is 29.3 Å². The summed E-state index contributed by atoms with van der Waals surface area (Å²) in [6.07, 6.45) is 4.09. The highest BCUT2D eigenvalue weighted by Gasteiger charge is 2.45. The molecule has 42 heavy (non-hydrogen) atoms. The summed E-state index contributed by atoms with van der Waals surface area (Å²) < 4.78 is 41.5. The van der Waals surface area contributed by atoms with Gasteiger partial charge in [0.2, 0.25) is 0 Å². The number of hydrogen-bond donors (Lipinski definition) is 2. The fourth-order valence-electron chi connectivity index (χ4n) is 6.52. The number of hydrogen-bond acceptors (Lipinski definition) is 3. The molecule has 0 saturated heterocycles. The molecular formula is C32H41F3N5O2+. The van der Waals surface area contributed by atoms with Gasteiger partial charge in [-0.3, -0.25) is 9.69 Å². The first-order valence-corrected chi connectivity index (χ1v) is 14.9. The summed E-state index contributed by atoms with van der Waals surface area (Å²) in [5.41, 5.74) is 7.10. The van der Waals surface area contributed by atoms with E-state index >= 15 is 0 Å². The Hall–Kier alpha value is -3.53. The second kappa shape index (κ2) is 12.0. The van der Waals surface area contributed by atoms with Gasteiger partial charge >= 0.3 is 12.2 Å². The standard InChI is InChI=1S/C32H40F3N5O2/c1-40(2,19-16-22-8-4-3-5-9-22)18-7-17-38-21-27-28(30(38)41)29(23-12-14-25(36)15-13-23)37-31(42)39(27)26-11-6-10-24(20-26)32(33,34)35/h6,10-15,20,22,29H,3-5,7-9,16-19,21,36H2,1-2H3/p+1. The van der Waals surface area contributed by atoms with Gasteiger partial charge in [0.05, 0.1) is 62.3 Å². The molecule has 5 rings (SSSR count). The lowest BCUT2D eigenvalue weighted by Gasteiger charge is -2.34. The Bertz CT molecular complexity index is 1330. The topological polar surface area (TPSA) is 78.7 Å². The number of alkyl halides is 3. The van der Waals surface area contributed by atoms with Crippen molar-refractivity contribution in [3.05, 3.63) is 70.9 Å². The van der Waals surface area contributed by atoms with Crippen molar-refractivity contribution in [3.8, 4) is 0 Å². The van der Waals surface area contributed by atoms with Crippen molar-refractivity contribution in [2.45, 2.75) is 57.2 Å². The van der Waals surface area contributed by atoms with Crippen LogP contribution in [-0.4, -0.2) is 61.6 Å². The van der Waals surface area contributed by atoms with Gasteiger partial charge in [0.1, 0.15) is 0 Å². The van der Waals surface area contributed by atoms with Gasteiger partial charge in [0.25, 0.3) is 5.91 Å². The molecule has 0 spiro atoms. The molecule has 226 valence electrons. The van der Waals surface area contributed by atoms with Crippen LogP contribution in [0, 0.1) is 5.92 Å². The quantitative estimate of drug-likeness (QED) is 0.277. The largest absolute Gasteiger partial charge is 0.416 e. The fraction of sp³-hybridized carbons (Fsp3) is 0.500. The number of benzene rings is 2. The second-order valence-electron chi connectivity index (χ2n) is 12.5. The molecule has 3 aliphatic rings. The van der Waals surface area contributed by atoms with Gasteiger partial charge in [-0.1, -0.05) is 50.3 Å². The van der Waals surface area contributed by atoms with Crippen LogP contribution < -0.4 is 16.0 Å². The zero-order chi connectivity index (χ0) is 30.1. The van der Waals surface area contributed by atoms with Crippen molar-refractivity contribution in [3.63, 3.8) is 0 Å². The van der Waals surface area contributed by atoms with Gasteiger partial charge in [-0.2, -0.15) is 13.2 Å². The van der Waals surface area contributed by atoms with Gasteiger partial charge in [0.15, 0.2) is 0 Å². The highest BCUT2D eigenvalue weighted by molar-refractivity contribution is 6.07. The number of nitrogens with one attached hydrogen (secondary N) is 1. The van der Waals surface area contributed by atoms with Crippen LogP contribution in [0.15, 0.2) is 59.8 Å². The van der Waals surface area contributed by atoms with E-state index in [9.17, 15) is 22.8 Å². The molecule has 7 nitrogen and oxygen atoms in total. The monoisotopic (exact) mass is 584 g/mol. The zero-order valence-electron chi connectivity index (χ0n) is 24.4. The maximum atomic E-state index is 13.9. The number of carbonyl (C=O) groups excluding carboxylic acids is 2. The SMILES string of the molecule is C[N+](C)(CCCN1CC2=C(C1=O)C(c1ccc(N)cc1)NC(=O)N2c1cccc(C(F)(F)F)c1)CCC1CCCCC1. The van der Waals surface area contributed by atoms with Gasteiger partial charge in [-0.05, 0) is 48.2 Å². The van der Waals surface area contributed by atoms with Crippen LogP contribution in [0.1, 0.15) is 62.1 Å². The molecule has 3 amide bonds. The third-order valence-corrected chi connectivity index (χ3v) is 8.96. The molecule has 1 unspecified atom stereocenters. The van der Waals surface area contributed by atoms with Crippen molar-refractivity contribution >= 4 is 23.3 Å². The fourth-order valence-corrected chi connectivity index (χ4v) is 6.52. The number of urea groups is 1. The summed E-state index contributed by atoms with van der Waals surface area (Å²) in [6, 6.07) is 10.3. The normalized spacial score (nSPS) is 20.3. The Morgan fingerprint density at radius 2 is 1.71 bits per heavy atom. The molecule has 2 aromatic rings. The molecule has 0 aromatic heterocycles. The van der Waals surface area contributed by atoms with E-state index < -0.39 is 23.8 Å². The van der Waals surface area contributed by atoms with E-state index in [0.717, 1.165) is 42.0 Å². The van der Waals surface area contributed by atoms with Gasteiger partial charge in [-0.25, -0.2) is 4.79 Å². The lowest BCUT2D eigenvalue weighted by atomic mass is 9.87. The Balaban J connectivity index is 1.35. The van der Waals surface area contributed by atoms with Crippen LogP contribution in [0.5, 0.6) is 0 Å². The summed E-state index contributed by atoms with van der Waals surface area (Å²) in [5.74, 6) is 0.598. The predicted octanol–water partition coefficient (Wildman–Crippen LogP) is 6.09. The molecule has 1 saturated carbocycles. The first kappa shape index (κ1) is 29.9. The Morgan fingerprint density at radius 3 is 2.40 bits per heavy atom. The maximum Gasteiger partial charge on any atom is 0.416 e. The van der Waals surface area contributed by atoms with Crippen molar-refractivity contribution in [1.82, 2.24) is 10.2 Å². The summed E-state index contributed by atoms with van der Waals surface area (Å²) in [6.45, 7) is 2.64. The summed E-state index contributed by atoms with van der Waals surface area (Å²) in [4.78, 5) is 30.3. The van der Waals surface area contributed by atoms with Crippen LogP contribution in [0.2, 0.25) is 0 Å². The van der Waals surface area contributed by atoms with Gasteiger partial charge < -0.3 is 20.4 Å². The van der Waals surface area contributed by atoms with Crippen LogP contribution in [0.25, 0.3) is 0 Å². The molecule has 3 N–H and O–H groups in total. The number of nitrogen functional groups attached to an aromatic ring is 1. The minimum atomic E-state index is -4.56. The lowest BCUT2D eigenvalue weighted by Crippen LogP contribution is -2.47. The maximum absolute atomic E-state index is 13.9. The first-order chi connectivity index (χ1) is 19.9. The van der Waals surface area contributed by atoms with E-state index in [1.165, 1.54) is 55.6 Å². The third kappa shape index (κ3) is 6.59. The highest BCUT2D eigenvalue weighted by atomic mass is 19.4. The van der Waals surface area contributed by atoms with E-state index in [2.05, 4.69) is 19.4 Å². The molecule has 2 aliphatic heterocycles. The third-order valence-electron chi connectivity index (χ3n) is 8.96. The van der Waals surface area contributed by atoms with E-state index in [1.54, 1.807) is 29.2 Å². The predicted molar refractivity (Wildman–Crippen MR) is 157 cm³/mol. The summed E-state index contributed by atoms with van der Waals surface area (Å²) >= 11 is 0. The summed E-state index contributed by atoms with van der Waals surface area (Å²) in [5, 5.41) is 2.87. The number of halogens is 3. The zero-order valence-corrected chi connectivity index (χ0v) is 24.4. The molecule has 0 radical (unpaired) electrons. The van der Waals surface area contributed by atoms with Crippen molar-refractivity contribution in [2.24, 2.45) is 5.92 Å². The van der Waals surface area contributed by atoms with Gasteiger partial charge in [0, 0.05) is 18.7 Å². The van der Waals surface area contributed by atoms with Crippen molar-refractivity contribution < 1.29 is 27.2 Å². The minimum absolute atomic E-state index is 0.0701. The van der Waals surface area contributed by atoms with Crippen LogP contribution in [0.3, 0.4) is 0 Å². The van der Waals surface area contributed by atoms with E-state index in [1.807, 2.05) is 0 Å². The molecule has 2 aromatic carbocycles. The number of quaternary nitrogens is 1. The van der Waals surface area contributed by atoms with Gasteiger partial charge in [-0.15, -0.1) is 0 Å². The second-order valence-corrected chi connectivity index (χ2v) is 12.5. The van der Waals surface area contributed by atoms with E-state index in [4.69, 9.17) is 5.73 Å². The number of nitrogens with two attached hydrogens (primary N) is 1. The van der Waals surface area contributed by atoms with Crippen LogP contribution in [-0.2, 0) is 11.0 Å². The minimum Gasteiger partial charge on any atom is -0.399 e. The lowest BCUT2D eigenvalue weighted by molar-refractivity contribution is -0.891. The number of amides is 3. The van der Waals surface area contributed by atoms with Crippen molar-refractivity contribution in [2.75, 3.05) is 50.9 Å². The highest BCUT2D eigenvalue weighted by Crippen LogP contribution is 2.40. The Labute approximate surface area is 245 Å². The molecule has 1 atom stereocenters. The Kier molecular flexibility index (Phi) is 8.55. The summed E-state index contributed by atoms with van der Waals surface area (Å²) in [7, 11) is 4.46.